The Bertz CT molecular complexity index is 531. The van der Waals surface area contributed by atoms with E-state index in [0.29, 0.717) is 12.0 Å². The van der Waals surface area contributed by atoms with Crippen LogP contribution in [-0.4, -0.2) is 51.5 Å². The van der Waals surface area contributed by atoms with E-state index in [1.165, 1.54) is 17.5 Å². The van der Waals surface area contributed by atoms with Crippen LogP contribution in [0.2, 0.25) is 0 Å². The molecule has 2 unspecified atom stereocenters. The molecule has 0 aliphatic carbocycles. The predicted octanol–water partition coefficient (Wildman–Crippen LogP) is 3.86. The molecule has 2 rings (SSSR count). The summed E-state index contributed by atoms with van der Waals surface area (Å²) < 4.78 is 11.3. The Kier molecular flexibility index (Phi) is 12.7. The molecule has 1 saturated heterocycles. The Labute approximate surface area is 181 Å². The highest BCUT2D eigenvalue weighted by Gasteiger charge is 2.14. The summed E-state index contributed by atoms with van der Waals surface area (Å²) >= 11 is 0. The smallest absolute Gasteiger partial charge is 0.191 e. The highest BCUT2D eigenvalue weighted by atomic mass is 127. The van der Waals surface area contributed by atoms with Gasteiger partial charge in [0, 0.05) is 38.8 Å². The van der Waals surface area contributed by atoms with Gasteiger partial charge in [-0.15, -0.1) is 24.0 Å². The second-order valence-electron chi connectivity index (χ2n) is 7.02. The summed E-state index contributed by atoms with van der Waals surface area (Å²) in [5.74, 6) is 1.28. The second kappa shape index (κ2) is 14.2. The zero-order chi connectivity index (χ0) is 18.6. The fraction of sp³-hybridized carbons (Fsp3) is 0.667. The number of halogens is 1. The molecule has 0 aromatic heterocycles. The van der Waals surface area contributed by atoms with Crippen LogP contribution in [0, 0.1) is 6.92 Å². The predicted molar refractivity (Wildman–Crippen MR) is 123 cm³/mol. The first-order valence-electron chi connectivity index (χ1n) is 9.97. The van der Waals surface area contributed by atoms with Crippen molar-refractivity contribution < 1.29 is 9.47 Å². The number of hydrogen-bond donors (Lipinski definition) is 2. The van der Waals surface area contributed by atoms with Gasteiger partial charge >= 0.3 is 0 Å². The number of nitrogens with zero attached hydrogens (tertiary/aromatic N) is 1. The number of rotatable bonds is 10. The van der Waals surface area contributed by atoms with Crippen LogP contribution < -0.4 is 10.6 Å². The molecule has 6 heteroatoms. The maximum absolute atomic E-state index is 5.70. The molecule has 0 spiro atoms. The summed E-state index contributed by atoms with van der Waals surface area (Å²) in [6.45, 7) is 11.3. The maximum Gasteiger partial charge on any atom is 0.191 e. The molecule has 1 aliphatic rings. The largest absolute Gasteiger partial charge is 0.379 e. The zero-order valence-corrected chi connectivity index (χ0v) is 19.3. The molecule has 0 bridgehead atoms. The van der Waals surface area contributed by atoms with Crippen LogP contribution >= 0.6 is 24.0 Å². The summed E-state index contributed by atoms with van der Waals surface area (Å²) in [5.41, 5.74) is 2.62. The van der Waals surface area contributed by atoms with Crippen molar-refractivity contribution in [3.05, 3.63) is 35.4 Å². The lowest BCUT2D eigenvalue weighted by Gasteiger charge is -2.14. The quantitative estimate of drug-likeness (QED) is 0.227. The van der Waals surface area contributed by atoms with Gasteiger partial charge in [0.2, 0.25) is 0 Å². The molecule has 5 nitrogen and oxygen atoms in total. The van der Waals surface area contributed by atoms with Gasteiger partial charge < -0.3 is 20.1 Å². The van der Waals surface area contributed by atoms with E-state index in [4.69, 9.17) is 14.5 Å². The first-order valence-corrected chi connectivity index (χ1v) is 9.97. The third-order valence-electron chi connectivity index (χ3n) is 4.60. The van der Waals surface area contributed by atoms with E-state index in [-0.39, 0.29) is 24.0 Å². The molecular weight excluding hydrogens is 453 g/mol. The average molecular weight is 489 g/mol. The van der Waals surface area contributed by atoms with Crippen LogP contribution in [0.25, 0.3) is 0 Å². The standard InChI is InChI=1S/C21H35N3O2.HI/c1-4-22-21(23-12-6-13-25-16-20-7-5-14-26-20)24-15-18(3)19-10-8-17(2)9-11-19;/h8-11,18,20H,4-7,12-16H2,1-3H3,(H2,22,23,24);1H. The summed E-state index contributed by atoms with van der Waals surface area (Å²) in [6, 6.07) is 8.72. The molecule has 0 amide bonds. The maximum atomic E-state index is 5.70. The van der Waals surface area contributed by atoms with Crippen molar-refractivity contribution in [2.24, 2.45) is 4.99 Å². The van der Waals surface area contributed by atoms with Crippen LogP contribution in [0.4, 0.5) is 0 Å². The third-order valence-corrected chi connectivity index (χ3v) is 4.60. The summed E-state index contributed by atoms with van der Waals surface area (Å²) in [7, 11) is 0. The van der Waals surface area contributed by atoms with Crippen LogP contribution in [0.1, 0.15) is 50.2 Å². The van der Waals surface area contributed by atoms with Crippen molar-refractivity contribution in [1.82, 2.24) is 10.6 Å². The van der Waals surface area contributed by atoms with Gasteiger partial charge in [0.05, 0.1) is 12.7 Å². The Hall–Kier alpha value is -0.860. The lowest BCUT2D eigenvalue weighted by molar-refractivity contribution is 0.0168. The van der Waals surface area contributed by atoms with Crippen molar-refractivity contribution in [2.45, 2.75) is 52.1 Å². The van der Waals surface area contributed by atoms with Crippen molar-refractivity contribution in [2.75, 3.05) is 39.5 Å². The molecular formula is C21H36IN3O2. The third kappa shape index (κ3) is 9.76. The van der Waals surface area contributed by atoms with Crippen molar-refractivity contribution >= 4 is 29.9 Å². The topological polar surface area (TPSA) is 54.9 Å². The fourth-order valence-corrected chi connectivity index (χ4v) is 2.94. The number of hydrogen-bond acceptors (Lipinski definition) is 3. The molecule has 1 aromatic rings. The lowest BCUT2D eigenvalue weighted by atomic mass is 10.0. The van der Waals surface area contributed by atoms with Gasteiger partial charge in [0.1, 0.15) is 0 Å². The van der Waals surface area contributed by atoms with Crippen LogP contribution in [0.3, 0.4) is 0 Å². The first kappa shape index (κ1) is 24.2. The van der Waals surface area contributed by atoms with Gasteiger partial charge in [0.25, 0.3) is 0 Å². The number of nitrogens with one attached hydrogen (secondary N) is 2. The molecule has 1 fully saturated rings. The zero-order valence-electron chi connectivity index (χ0n) is 17.0. The van der Waals surface area contributed by atoms with Crippen molar-refractivity contribution in [1.29, 1.82) is 0 Å². The molecule has 27 heavy (non-hydrogen) atoms. The first-order chi connectivity index (χ1) is 12.7. The van der Waals surface area contributed by atoms with E-state index in [2.05, 4.69) is 55.7 Å². The Morgan fingerprint density at radius 2 is 2.07 bits per heavy atom. The minimum atomic E-state index is 0. The average Bonchev–Trinajstić information content (AvgIpc) is 3.16. The SMILES string of the molecule is CCNC(=NCC(C)c1ccc(C)cc1)NCCCOCC1CCCO1.I. The number of benzene rings is 1. The van der Waals surface area contributed by atoms with E-state index in [1.807, 2.05) is 0 Å². The molecule has 0 radical (unpaired) electrons. The molecule has 0 saturated carbocycles. The van der Waals surface area contributed by atoms with Gasteiger partial charge in [-0.3, -0.25) is 4.99 Å². The van der Waals surface area contributed by atoms with E-state index in [0.717, 1.165) is 58.3 Å². The highest BCUT2D eigenvalue weighted by Crippen LogP contribution is 2.16. The Morgan fingerprint density at radius 3 is 2.74 bits per heavy atom. The van der Waals surface area contributed by atoms with Crippen LogP contribution in [-0.2, 0) is 9.47 Å². The summed E-state index contributed by atoms with van der Waals surface area (Å²) in [5, 5.41) is 6.70. The molecule has 1 aliphatic heterocycles. The normalized spacial score (nSPS) is 18.0. The van der Waals surface area contributed by atoms with E-state index >= 15 is 0 Å². The Balaban J connectivity index is 0.00000364. The van der Waals surface area contributed by atoms with E-state index in [9.17, 15) is 0 Å². The molecule has 1 aromatic carbocycles. The Morgan fingerprint density at radius 1 is 1.30 bits per heavy atom. The summed E-state index contributed by atoms with van der Waals surface area (Å²) in [4.78, 5) is 4.73. The van der Waals surface area contributed by atoms with Crippen molar-refractivity contribution in [3.8, 4) is 0 Å². The second-order valence-corrected chi connectivity index (χ2v) is 7.02. The van der Waals surface area contributed by atoms with Crippen molar-refractivity contribution in [3.63, 3.8) is 0 Å². The highest BCUT2D eigenvalue weighted by molar-refractivity contribution is 14.0. The lowest BCUT2D eigenvalue weighted by Crippen LogP contribution is -2.38. The van der Waals surface area contributed by atoms with Gasteiger partial charge in [-0.25, -0.2) is 0 Å². The van der Waals surface area contributed by atoms with Crippen LogP contribution in [0.5, 0.6) is 0 Å². The number of aryl methyl sites for hydroxylation is 1. The number of guanidine groups is 1. The number of aliphatic imine (C=N–C) groups is 1. The molecule has 1 heterocycles. The van der Waals surface area contributed by atoms with E-state index in [1.54, 1.807) is 0 Å². The summed E-state index contributed by atoms with van der Waals surface area (Å²) in [6.07, 6.45) is 3.57. The van der Waals surface area contributed by atoms with Gasteiger partial charge in [-0.2, -0.15) is 0 Å². The minimum absolute atomic E-state index is 0. The van der Waals surface area contributed by atoms with Gasteiger partial charge in [-0.05, 0) is 38.7 Å². The number of ether oxygens (including phenoxy) is 2. The monoisotopic (exact) mass is 489 g/mol. The van der Waals surface area contributed by atoms with Gasteiger partial charge in [-0.1, -0.05) is 36.8 Å². The van der Waals surface area contributed by atoms with E-state index < -0.39 is 0 Å². The van der Waals surface area contributed by atoms with Crippen LogP contribution in [0.15, 0.2) is 29.3 Å². The van der Waals surface area contributed by atoms with Gasteiger partial charge in [0.15, 0.2) is 5.96 Å². The molecule has 2 atom stereocenters. The fourth-order valence-electron chi connectivity index (χ4n) is 2.94. The molecule has 154 valence electrons. The molecule has 2 N–H and O–H groups in total. The minimum Gasteiger partial charge on any atom is -0.379 e.